The van der Waals surface area contributed by atoms with Gasteiger partial charge in [0, 0.05) is 19.3 Å². The van der Waals surface area contributed by atoms with Crippen molar-refractivity contribution >= 4 is 28.5 Å². The van der Waals surface area contributed by atoms with Gasteiger partial charge in [0.15, 0.2) is 6.04 Å². The Balaban J connectivity index is 1.78. The Labute approximate surface area is 197 Å². The molecule has 4 rings (SSSR count). The van der Waals surface area contributed by atoms with E-state index in [-0.39, 0.29) is 18.4 Å². The second-order valence-corrected chi connectivity index (χ2v) is 7.92. The lowest BCUT2D eigenvalue weighted by molar-refractivity contribution is -0.127. The number of fused-ring (bicyclic) bond motifs is 1. The summed E-state index contributed by atoms with van der Waals surface area (Å²) < 4.78 is 12.2. The minimum absolute atomic E-state index is 0.101. The predicted molar refractivity (Wildman–Crippen MR) is 127 cm³/mol. The molecule has 0 fully saturated rings. The van der Waals surface area contributed by atoms with Crippen LogP contribution in [0.1, 0.15) is 22.9 Å². The molecule has 2 aromatic heterocycles. The normalized spacial score (nSPS) is 12.0. The lowest BCUT2D eigenvalue weighted by Crippen LogP contribution is -2.46. The summed E-state index contributed by atoms with van der Waals surface area (Å²) in [6.07, 6.45) is 1.49. The molecule has 1 atom stereocenters. The molecular formula is C25H27N5O4. The number of furan rings is 1. The average molecular weight is 462 g/mol. The summed E-state index contributed by atoms with van der Waals surface area (Å²) in [7, 11) is 1.56. The largest absolute Gasteiger partial charge is 0.467 e. The highest BCUT2D eigenvalue weighted by Crippen LogP contribution is 2.32. The maximum atomic E-state index is 13.9. The van der Waals surface area contributed by atoms with E-state index in [4.69, 9.17) is 9.15 Å². The molecular weight excluding hydrogens is 434 g/mol. The fourth-order valence-corrected chi connectivity index (χ4v) is 3.85. The van der Waals surface area contributed by atoms with Gasteiger partial charge in [0.05, 0.1) is 18.4 Å². The van der Waals surface area contributed by atoms with Gasteiger partial charge in [-0.25, -0.2) is 4.68 Å². The number of nitrogens with one attached hydrogen (secondary N) is 1. The zero-order valence-electron chi connectivity index (χ0n) is 19.4. The van der Waals surface area contributed by atoms with Gasteiger partial charge < -0.3 is 14.5 Å². The number of carbonyl (C=O) groups excluding carboxylic acids is 2. The van der Waals surface area contributed by atoms with Crippen LogP contribution in [0.4, 0.5) is 5.69 Å². The molecule has 9 nitrogen and oxygen atoms in total. The number of para-hydroxylation sites is 1. The molecule has 0 bridgehead atoms. The molecule has 0 spiro atoms. The van der Waals surface area contributed by atoms with Crippen LogP contribution in [0, 0.1) is 13.8 Å². The van der Waals surface area contributed by atoms with Crippen LogP contribution in [0.15, 0.2) is 65.3 Å². The standard InChI is InChI=1S/C25H27N5O4/c1-17-8-6-11-20(18(17)2)30(23(31)16-29-21-10-5-4-9-19(21)27-28-29)24(22-12-7-14-34-22)25(32)26-13-15-33-3/h4-12,14,24H,13,15-16H2,1-3H3,(H,26,32)/t24-/m0/s1. The molecule has 0 saturated carbocycles. The molecule has 2 amide bonds. The van der Waals surface area contributed by atoms with E-state index < -0.39 is 6.04 Å². The maximum Gasteiger partial charge on any atom is 0.251 e. The number of anilines is 1. The number of aromatic nitrogens is 3. The van der Waals surface area contributed by atoms with Crippen LogP contribution in [-0.2, 0) is 20.9 Å². The molecule has 0 aliphatic heterocycles. The van der Waals surface area contributed by atoms with E-state index in [0.29, 0.717) is 30.1 Å². The van der Waals surface area contributed by atoms with Crippen molar-refractivity contribution in [3.63, 3.8) is 0 Å². The average Bonchev–Trinajstić information content (AvgIpc) is 3.50. The summed E-state index contributed by atoms with van der Waals surface area (Å²) in [6.45, 7) is 4.44. The van der Waals surface area contributed by atoms with Crippen LogP contribution in [0.25, 0.3) is 11.0 Å². The first-order valence-corrected chi connectivity index (χ1v) is 11.0. The van der Waals surface area contributed by atoms with Gasteiger partial charge in [-0.3, -0.25) is 14.5 Å². The Morgan fingerprint density at radius 3 is 2.71 bits per heavy atom. The molecule has 0 aliphatic rings. The molecule has 4 aromatic rings. The van der Waals surface area contributed by atoms with E-state index >= 15 is 0 Å². The van der Waals surface area contributed by atoms with Gasteiger partial charge in [0.1, 0.15) is 17.8 Å². The van der Waals surface area contributed by atoms with Crippen molar-refractivity contribution in [1.82, 2.24) is 20.3 Å². The summed E-state index contributed by atoms with van der Waals surface area (Å²) in [6, 6.07) is 15.4. The third kappa shape index (κ3) is 4.69. The molecule has 2 aromatic carbocycles. The van der Waals surface area contributed by atoms with Gasteiger partial charge in [0.25, 0.3) is 5.91 Å². The van der Waals surface area contributed by atoms with Crippen LogP contribution in [-0.4, -0.2) is 47.1 Å². The van der Waals surface area contributed by atoms with Crippen molar-refractivity contribution in [2.24, 2.45) is 0 Å². The van der Waals surface area contributed by atoms with Crippen LogP contribution < -0.4 is 10.2 Å². The monoisotopic (exact) mass is 461 g/mol. The molecule has 0 radical (unpaired) electrons. The highest BCUT2D eigenvalue weighted by atomic mass is 16.5. The van der Waals surface area contributed by atoms with Gasteiger partial charge >= 0.3 is 0 Å². The lowest BCUT2D eigenvalue weighted by atomic mass is 10.0. The number of rotatable bonds is 9. The number of hydrogen-bond donors (Lipinski definition) is 1. The van der Waals surface area contributed by atoms with Gasteiger partial charge in [-0.05, 0) is 55.3 Å². The third-order valence-corrected chi connectivity index (χ3v) is 5.73. The van der Waals surface area contributed by atoms with E-state index in [1.54, 1.807) is 19.2 Å². The first-order chi connectivity index (χ1) is 16.5. The summed E-state index contributed by atoms with van der Waals surface area (Å²) >= 11 is 0. The van der Waals surface area contributed by atoms with Crippen molar-refractivity contribution in [1.29, 1.82) is 0 Å². The van der Waals surface area contributed by atoms with Crippen molar-refractivity contribution in [3.8, 4) is 0 Å². The zero-order chi connectivity index (χ0) is 24.1. The number of aryl methyl sites for hydroxylation is 1. The second kappa shape index (κ2) is 10.3. The predicted octanol–water partition coefficient (Wildman–Crippen LogP) is 3.18. The number of carbonyl (C=O) groups is 2. The molecule has 0 unspecified atom stereocenters. The van der Waals surface area contributed by atoms with E-state index in [1.165, 1.54) is 15.8 Å². The Bertz CT molecular complexity index is 1280. The third-order valence-electron chi connectivity index (χ3n) is 5.73. The molecule has 9 heteroatoms. The van der Waals surface area contributed by atoms with Crippen LogP contribution in [0.5, 0.6) is 0 Å². The molecule has 0 aliphatic carbocycles. The minimum atomic E-state index is -1.02. The molecule has 2 heterocycles. The van der Waals surface area contributed by atoms with E-state index in [2.05, 4.69) is 15.6 Å². The fraction of sp³-hybridized carbons (Fsp3) is 0.280. The number of ether oxygens (including phenoxy) is 1. The van der Waals surface area contributed by atoms with Gasteiger partial charge in [0.2, 0.25) is 5.91 Å². The van der Waals surface area contributed by atoms with E-state index in [0.717, 1.165) is 16.6 Å². The SMILES string of the molecule is COCCNC(=O)[C@H](c1ccco1)N(C(=O)Cn1nnc2ccccc21)c1cccc(C)c1C. The fourth-order valence-electron chi connectivity index (χ4n) is 3.85. The Kier molecular flexibility index (Phi) is 7.03. The zero-order valence-corrected chi connectivity index (χ0v) is 19.4. The Hall–Kier alpha value is -3.98. The van der Waals surface area contributed by atoms with Crippen molar-refractivity contribution in [2.45, 2.75) is 26.4 Å². The van der Waals surface area contributed by atoms with Crippen LogP contribution in [0.3, 0.4) is 0 Å². The number of benzene rings is 2. The van der Waals surface area contributed by atoms with Crippen molar-refractivity contribution in [2.75, 3.05) is 25.2 Å². The van der Waals surface area contributed by atoms with E-state index in [1.807, 2.05) is 56.3 Å². The maximum absolute atomic E-state index is 13.9. The number of methoxy groups -OCH3 is 1. The second-order valence-electron chi connectivity index (χ2n) is 7.92. The summed E-state index contributed by atoms with van der Waals surface area (Å²) in [5.41, 5.74) is 3.93. The Morgan fingerprint density at radius 2 is 1.94 bits per heavy atom. The van der Waals surface area contributed by atoms with Gasteiger partial charge in [-0.1, -0.05) is 29.5 Å². The minimum Gasteiger partial charge on any atom is -0.467 e. The highest BCUT2D eigenvalue weighted by molar-refractivity contribution is 6.02. The summed E-state index contributed by atoms with van der Waals surface area (Å²) in [4.78, 5) is 28.8. The number of hydrogen-bond acceptors (Lipinski definition) is 6. The quantitative estimate of drug-likeness (QED) is 0.384. The van der Waals surface area contributed by atoms with Crippen molar-refractivity contribution < 1.29 is 18.7 Å². The topological polar surface area (TPSA) is 102 Å². The molecule has 34 heavy (non-hydrogen) atoms. The lowest BCUT2D eigenvalue weighted by Gasteiger charge is -2.31. The molecule has 1 N–H and O–H groups in total. The molecule has 176 valence electrons. The van der Waals surface area contributed by atoms with Crippen molar-refractivity contribution in [3.05, 3.63) is 77.7 Å². The highest BCUT2D eigenvalue weighted by Gasteiger charge is 2.36. The summed E-state index contributed by atoms with van der Waals surface area (Å²) in [5.74, 6) is -0.343. The Morgan fingerprint density at radius 1 is 1.12 bits per heavy atom. The first-order valence-electron chi connectivity index (χ1n) is 11.0. The first kappa shape index (κ1) is 23.2. The van der Waals surface area contributed by atoms with Crippen LogP contribution in [0.2, 0.25) is 0 Å². The van der Waals surface area contributed by atoms with E-state index in [9.17, 15) is 9.59 Å². The number of nitrogens with zero attached hydrogens (tertiary/aromatic N) is 4. The molecule has 0 saturated heterocycles. The number of amides is 2. The van der Waals surface area contributed by atoms with Gasteiger partial charge in [-0.15, -0.1) is 5.10 Å². The van der Waals surface area contributed by atoms with Crippen LogP contribution >= 0.6 is 0 Å². The summed E-state index contributed by atoms with van der Waals surface area (Å²) in [5, 5.41) is 11.2. The smallest absolute Gasteiger partial charge is 0.251 e. The van der Waals surface area contributed by atoms with Gasteiger partial charge in [-0.2, -0.15) is 0 Å².